The van der Waals surface area contributed by atoms with Crippen molar-refractivity contribution in [2.75, 3.05) is 27.2 Å². The Morgan fingerprint density at radius 3 is 2.61 bits per heavy atom. The van der Waals surface area contributed by atoms with Gasteiger partial charge in [0.15, 0.2) is 0 Å². The Hall–Kier alpha value is -0.870. The number of carbonyl (C=O) groups excluding carboxylic acids is 1. The molecule has 2 atom stereocenters. The Morgan fingerprint density at radius 1 is 1.33 bits per heavy atom. The average Bonchev–Trinajstić information content (AvgIpc) is 2.38. The summed E-state index contributed by atoms with van der Waals surface area (Å²) in [7, 11) is 3.52. The lowest BCUT2D eigenvalue weighted by atomic mass is 9.80. The molecule has 0 aliphatic carbocycles. The van der Waals surface area contributed by atoms with Crippen molar-refractivity contribution in [2.24, 2.45) is 5.92 Å². The molecule has 0 spiro atoms. The Bertz CT molecular complexity index is 383. The molecular weight excluding hydrogens is 294 g/mol. The maximum atomic E-state index is 11.8. The first-order valence-electron chi connectivity index (χ1n) is 6.03. The van der Waals surface area contributed by atoms with Crippen LogP contribution >= 0.6 is 17.0 Å². The average molecular weight is 314 g/mol. The van der Waals surface area contributed by atoms with E-state index in [0.717, 1.165) is 19.5 Å². The number of hydrogen-bond acceptors (Lipinski definition) is 3. The SMILES string of the molecule is Br.COC(=O)[C@H]1CN(C)CC[C@H]1c1ccccc1. The van der Waals surface area contributed by atoms with Gasteiger partial charge in [0.25, 0.3) is 0 Å². The first-order chi connectivity index (χ1) is 8.22. The van der Waals surface area contributed by atoms with Gasteiger partial charge in [-0.05, 0) is 31.5 Å². The van der Waals surface area contributed by atoms with Gasteiger partial charge in [-0.1, -0.05) is 30.3 Å². The number of rotatable bonds is 2. The van der Waals surface area contributed by atoms with E-state index in [-0.39, 0.29) is 28.9 Å². The Labute approximate surface area is 119 Å². The van der Waals surface area contributed by atoms with E-state index in [9.17, 15) is 4.79 Å². The van der Waals surface area contributed by atoms with Gasteiger partial charge in [0.2, 0.25) is 0 Å². The number of methoxy groups -OCH3 is 1. The van der Waals surface area contributed by atoms with Crippen LogP contribution in [0.2, 0.25) is 0 Å². The van der Waals surface area contributed by atoms with E-state index < -0.39 is 0 Å². The second kappa shape index (κ2) is 6.90. The van der Waals surface area contributed by atoms with E-state index in [4.69, 9.17) is 4.74 Å². The van der Waals surface area contributed by atoms with Gasteiger partial charge in [0, 0.05) is 6.54 Å². The molecule has 0 amide bonds. The molecule has 1 aliphatic heterocycles. The maximum Gasteiger partial charge on any atom is 0.310 e. The molecule has 100 valence electrons. The predicted octanol–water partition coefficient (Wildman–Crippen LogP) is 2.47. The number of esters is 1. The highest BCUT2D eigenvalue weighted by atomic mass is 79.9. The fourth-order valence-electron chi connectivity index (χ4n) is 2.60. The number of halogens is 1. The van der Waals surface area contributed by atoms with Gasteiger partial charge in [-0.25, -0.2) is 0 Å². The summed E-state index contributed by atoms with van der Waals surface area (Å²) in [6.45, 7) is 1.82. The molecular formula is C14H20BrNO2. The van der Waals surface area contributed by atoms with Gasteiger partial charge >= 0.3 is 5.97 Å². The molecule has 1 saturated heterocycles. The summed E-state index contributed by atoms with van der Waals surface area (Å²) in [5.41, 5.74) is 1.25. The minimum Gasteiger partial charge on any atom is -0.469 e. The monoisotopic (exact) mass is 313 g/mol. The molecule has 0 N–H and O–H groups in total. The summed E-state index contributed by atoms with van der Waals surface area (Å²) in [6.07, 6.45) is 1.01. The number of hydrogen-bond donors (Lipinski definition) is 0. The highest BCUT2D eigenvalue weighted by Gasteiger charge is 2.34. The normalized spacial score (nSPS) is 24.1. The van der Waals surface area contributed by atoms with E-state index in [0.29, 0.717) is 5.92 Å². The Balaban J connectivity index is 0.00000162. The quantitative estimate of drug-likeness (QED) is 0.786. The van der Waals surface area contributed by atoms with Crippen molar-refractivity contribution < 1.29 is 9.53 Å². The van der Waals surface area contributed by atoms with E-state index in [1.165, 1.54) is 12.7 Å². The summed E-state index contributed by atoms with van der Waals surface area (Å²) in [4.78, 5) is 14.0. The van der Waals surface area contributed by atoms with E-state index >= 15 is 0 Å². The van der Waals surface area contributed by atoms with Gasteiger partial charge in [0.1, 0.15) is 0 Å². The van der Waals surface area contributed by atoms with Crippen molar-refractivity contribution in [1.82, 2.24) is 4.90 Å². The summed E-state index contributed by atoms with van der Waals surface area (Å²) in [6, 6.07) is 10.3. The van der Waals surface area contributed by atoms with Crippen molar-refractivity contribution in [1.29, 1.82) is 0 Å². The molecule has 3 nitrogen and oxygen atoms in total. The van der Waals surface area contributed by atoms with Crippen molar-refractivity contribution in [2.45, 2.75) is 12.3 Å². The molecule has 0 unspecified atom stereocenters. The minimum absolute atomic E-state index is 0. The van der Waals surface area contributed by atoms with Crippen LogP contribution in [0.3, 0.4) is 0 Å². The Morgan fingerprint density at radius 2 is 2.00 bits per heavy atom. The van der Waals surface area contributed by atoms with Crippen molar-refractivity contribution >= 4 is 23.0 Å². The molecule has 0 aromatic heterocycles. The van der Waals surface area contributed by atoms with Gasteiger partial charge < -0.3 is 9.64 Å². The largest absolute Gasteiger partial charge is 0.469 e. The van der Waals surface area contributed by atoms with Crippen LogP contribution in [0.1, 0.15) is 17.9 Å². The first kappa shape index (κ1) is 15.2. The number of likely N-dealkylation sites (tertiary alicyclic amines) is 1. The second-order valence-corrected chi connectivity index (χ2v) is 4.70. The van der Waals surface area contributed by atoms with Crippen LogP contribution in [0.25, 0.3) is 0 Å². The fraction of sp³-hybridized carbons (Fsp3) is 0.500. The zero-order valence-corrected chi connectivity index (χ0v) is 12.5. The van der Waals surface area contributed by atoms with Gasteiger partial charge in [-0.15, -0.1) is 17.0 Å². The zero-order chi connectivity index (χ0) is 12.3. The number of ether oxygens (including phenoxy) is 1. The molecule has 1 aliphatic rings. The summed E-state index contributed by atoms with van der Waals surface area (Å²) in [5, 5.41) is 0. The third kappa shape index (κ3) is 3.33. The predicted molar refractivity (Wildman–Crippen MR) is 77.1 cm³/mol. The van der Waals surface area contributed by atoms with Gasteiger partial charge in [0.05, 0.1) is 13.0 Å². The summed E-state index contributed by atoms with van der Waals surface area (Å²) in [5.74, 6) is 0.159. The maximum absolute atomic E-state index is 11.8. The van der Waals surface area contributed by atoms with Crippen LogP contribution in [0.15, 0.2) is 30.3 Å². The van der Waals surface area contributed by atoms with Crippen LogP contribution in [-0.2, 0) is 9.53 Å². The smallest absolute Gasteiger partial charge is 0.310 e. The van der Waals surface area contributed by atoms with Crippen LogP contribution < -0.4 is 0 Å². The first-order valence-corrected chi connectivity index (χ1v) is 6.03. The highest BCUT2D eigenvalue weighted by Crippen LogP contribution is 2.33. The lowest BCUT2D eigenvalue weighted by molar-refractivity contribution is -0.148. The third-order valence-corrected chi connectivity index (χ3v) is 3.55. The topological polar surface area (TPSA) is 29.5 Å². The molecule has 4 heteroatoms. The van der Waals surface area contributed by atoms with Crippen LogP contribution in [0.5, 0.6) is 0 Å². The zero-order valence-electron chi connectivity index (χ0n) is 10.8. The number of carbonyl (C=O) groups is 1. The van der Waals surface area contributed by atoms with Crippen molar-refractivity contribution in [3.8, 4) is 0 Å². The van der Waals surface area contributed by atoms with Crippen molar-refractivity contribution in [3.05, 3.63) is 35.9 Å². The molecule has 0 saturated carbocycles. The number of benzene rings is 1. The van der Waals surface area contributed by atoms with E-state index in [2.05, 4.69) is 24.1 Å². The van der Waals surface area contributed by atoms with E-state index in [1.54, 1.807) is 0 Å². The minimum atomic E-state index is -0.0922. The number of piperidine rings is 1. The second-order valence-electron chi connectivity index (χ2n) is 4.70. The molecule has 0 radical (unpaired) electrons. The standard InChI is InChI=1S/C14H19NO2.BrH/c1-15-9-8-12(11-6-4-3-5-7-11)13(10-15)14(16)17-2;/h3-7,12-13H,8-10H2,1-2H3;1H/t12-,13-;/m0./s1. The summed E-state index contributed by atoms with van der Waals surface area (Å²) < 4.78 is 4.92. The van der Waals surface area contributed by atoms with Crippen LogP contribution in [-0.4, -0.2) is 38.1 Å². The fourth-order valence-corrected chi connectivity index (χ4v) is 2.60. The lowest BCUT2D eigenvalue weighted by Gasteiger charge is -2.35. The molecule has 1 fully saturated rings. The molecule has 18 heavy (non-hydrogen) atoms. The van der Waals surface area contributed by atoms with Gasteiger partial charge in [-0.3, -0.25) is 4.79 Å². The lowest BCUT2D eigenvalue weighted by Crippen LogP contribution is -2.41. The van der Waals surface area contributed by atoms with Crippen molar-refractivity contribution in [3.63, 3.8) is 0 Å². The molecule has 1 aromatic carbocycles. The van der Waals surface area contributed by atoms with Gasteiger partial charge in [-0.2, -0.15) is 0 Å². The molecule has 1 heterocycles. The molecule has 0 bridgehead atoms. The Kier molecular flexibility index (Phi) is 5.82. The molecule has 1 aromatic rings. The third-order valence-electron chi connectivity index (χ3n) is 3.55. The van der Waals surface area contributed by atoms with Crippen LogP contribution in [0.4, 0.5) is 0 Å². The highest BCUT2D eigenvalue weighted by molar-refractivity contribution is 8.93. The van der Waals surface area contributed by atoms with E-state index in [1.807, 2.05) is 18.2 Å². The summed E-state index contributed by atoms with van der Waals surface area (Å²) >= 11 is 0. The van der Waals surface area contributed by atoms with Crippen LogP contribution in [0, 0.1) is 5.92 Å². The number of nitrogens with zero attached hydrogens (tertiary/aromatic N) is 1. The molecule has 2 rings (SSSR count).